The van der Waals surface area contributed by atoms with Crippen molar-refractivity contribution in [3.63, 3.8) is 0 Å². The van der Waals surface area contributed by atoms with Crippen LogP contribution in [-0.4, -0.2) is 42.8 Å². The number of hydrogen-bond donors (Lipinski definition) is 3. The third-order valence-electron chi connectivity index (χ3n) is 7.47. The molecule has 186 valence electrons. The van der Waals surface area contributed by atoms with E-state index in [1.54, 1.807) is 13.8 Å². The summed E-state index contributed by atoms with van der Waals surface area (Å²) < 4.78 is 5.59. The lowest BCUT2D eigenvalue weighted by Gasteiger charge is -2.25. The number of carboxylic acid groups (broad SMARTS) is 1. The zero-order valence-corrected chi connectivity index (χ0v) is 20.4. The Morgan fingerprint density at radius 2 is 1.63 bits per heavy atom. The lowest BCUT2D eigenvalue weighted by atomic mass is 9.87. The van der Waals surface area contributed by atoms with Crippen molar-refractivity contribution in [3.05, 3.63) is 59.7 Å². The quantitative estimate of drug-likeness (QED) is 0.439. The average molecular weight is 479 g/mol. The van der Waals surface area contributed by atoms with Gasteiger partial charge in [0.15, 0.2) is 0 Å². The van der Waals surface area contributed by atoms with E-state index in [2.05, 4.69) is 34.9 Å². The number of fused-ring (bicyclic) bond motifs is 3. The first-order valence-electron chi connectivity index (χ1n) is 12.4. The van der Waals surface area contributed by atoms with Crippen LogP contribution in [0.4, 0.5) is 4.79 Å². The van der Waals surface area contributed by atoms with Gasteiger partial charge in [-0.25, -0.2) is 4.79 Å². The Kier molecular flexibility index (Phi) is 7.43. The molecule has 0 bridgehead atoms. The van der Waals surface area contributed by atoms with Gasteiger partial charge in [0.05, 0.1) is 11.3 Å². The molecule has 2 unspecified atom stereocenters. The van der Waals surface area contributed by atoms with Crippen molar-refractivity contribution in [2.75, 3.05) is 19.7 Å². The average Bonchev–Trinajstić information content (AvgIpc) is 3.64. The van der Waals surface area contributed by atoms with Crippen LogP contribution in [0, 0.1) is 17.3 Å². The molecule has 7 nitrogen and oxygen atoms in total. The molecule has 0 radical (unpaired) electrons. The predicted octanol–water partition coefficient (Wildman–Crippen LogP) is 4.56. The minimum Gasteiger partial charge on any atom is -0.481 e. The highest BCUT2D eigenvalue weighted by Gasteiger charge is 2.34. The summed E-state index contributed by atoms with van der Waals surface area (Å²) in [4.78, 5) is 37.0. The van der Waals surface area contributed by atoms with Gasteiger partial charge in [-0.05, 0) is 47.9 Å². The van der Waals surface area contributed by atoms with Crippen LogP contribution in [0.5, 0.6) is 0 Å². The van der Waals surface area contributed by atoms with E-state index in [9.17, 15) is 19.5 Å². The molecule has 0 aliphatic heterocycles. The number of aliphatic carboxylic acids is 1. The van der Waals surface area contributed by atoms with Gasteiger partial charge in [-0.2, -0.15) is 0 Å². The molecule has 0 heterocycles. The zero-order chi connectivity index (χ0) is 25.0. The van der Waals surface area contributed by atoms with E-state index >= 15 is 0 Å². The third kappa shape index (κ3) is 5.66. The fourth-order valence-electron chi connectivity index (χ4n) is 4.67. The monoisotopic (exact) mass is 478 g/mol. The highest BCUT2D eigenvalue weighted by Crippen LogP contribution is 2.44. The number of hydrogen-bond acceptors (Lipinski definition) is 4. The number of carbonyl (C=O) groups excluding carboxylic acids is 2. The SMILES string of the molecule is CCC(C)(CNC(=O)C(CNC(=O)OCC1c2ccccc2-c2ccccc21)CC1CC1)C(=O)O. The van der Waals surface area contributed by atoms with Crippen molar-refractivity contribution in [2.24, 2.45) is 17.3 Å². The number of alkyl carbamates (subject to hydrolysis) is 1. The number of rotatable bonds is 11. The van der Waals surface area contributed by atoms with Crippen LogP contribution in [0.2, 0.25) is 0 Å². The van der Waals surface area contributed by atoms with Crippen LogP contribution in [0.1, 0.15) is 56.6 Å². The topological polar surface area (TPSA) is 105 Å². The second kappa shape index (κ2) is 10.5. The Bertz CT molecular complexity index is 1050. The van der Waals surface area contributed by atoms with Gasteiger partial charge < -0.3 is 20.5 Å². The van der Waals surface area contributed by atoms with Gasteiger partial charge >= 0.3 is 12.1 Å². The summed E-state index contributed by atoms with van der Waals surface area (Å²) in [5.74, 6) is -1.13. The largest absolute Gasteiger partial charge is 0.481 e. The molecule has 2 aromatic rings. The van der Waals surface area contributed by atoms with Crippen molar-refractivity contribution in [2.45, 2.75) is 45.4 Å². The van der Waals surface area contributed by atoms with Crippen LogP contribution in [0.25, 0.3) is 11.1 Å². The van der Waals surface area contributed by atoms with Crippen LogP contribution in [-0.2, 0) is 14.3 Å². The number of ether oxygens (including phenoxy) is 1. The summed E-state index contributed by atoms with van der Waals surface area (Å²) in [5.41, 5.74) is 3.60. The molecule has 2 aliphatic rings. The molecule has 35 heavy (non-hydrogen) atoms. The Morgan fingerprint density at radius 3 is 2.17 bits per heavy atom. The van der Waals surface area contributed by atoms with Crippen molar-refractivity contribution in [1.82, 2.24) is 10.6 Å². The molecule has 3 N–H and O–H groups in total. The number of amides is 2. The maximum absolute atomic E-state index is 12.8. The molecule has 2 aliphatic carbocycles. The van der Waals surface area contributed by atoms with Crippen LogP contribution < -0.4 is 10.6 Å². The Morgan fingerprint density at radius 1 is 1.03 bits per heavy atom. The minimum absolute atomic E-state index is 0.0264. The second-order valence-corrected chi connectivity index (χ2v) is 10.0. The summed E-state index contributed by atoms with van der Waals surface area (Å²) in [7, 11) is 0. The van der Waals surface area contributed by atoms with E-state index in [4.69, 9.17) is 4.74 Å². The first-order chi connectivity index (χ1) is 16.8. The molecule has 4 rings (SSSR count). The zero-order valence-electron chi connectivity index (χ0n) is 20.4. The maximum Gasteiger partial charge on any atom is 0.407 e. The van der Waals surface area contributed by atoms with Gasteiger partial charge in [0.2, 0.25) is 5.91 Å². The van der Waals surface area contributed by atoms with Gasteiger partial charge in [0, 0.05) is 19.0 Å². The minimum atomic E-state index is -1.01. The molecule has 2 atom stereocenters. The van der Waals surface area contributed by atoms with E-state index in [1.165, 1.54) is 11.1 Å². The normalized spacial score (nSPS) is 17.0. The molecule has 0 spiro atoms. The van der Waals surface area contributed by atoms with E-state index < -0.39 is 23.4 Å². The van der Waals surface area contributed by atoms with E-state index in [0.717, 1.165) is 24.0 Å². The molecule has 2 amide bonds. The molecule has 0 aromatic heterocycles. The van der Waals surface area contributed by atoms with Gasteiger partial charge in [-0.1, -0.05) is 68.3 Å². The molecule has 0 saturated heterocycles. The number of carbonyl (C=O) groups is 3. The fourth-order valence-corrected chi connectivity index (χ4v) is 4.67. The summed E-state index contributed by atoms with van der Waals surface area (Å²) in [6.07, 6.45) is 2.69. The highest BCUT2D eigenvalue weighted by atomic mass is 16.5. The second-order valence-electron chi connectivity index (χ2n) is 10.0. The molecule has 7 heteroatoms. The van der Waals surface area contributed by atoms with Crippen molar-refractivity contribution in [1.29, 1.82) is 0 Å². The smallest absolute Gasteiger partial charge is 0.407 e. The van der Waals surface area contributed by atoms with Gasteiger partial charge in [0.1, 0.15) is 6.61 Å². The first kappa shape index (κ1) is 24.8. The van der Waals surface area contributed by atoms with Crippen molar-refractivity contribution in [3.8, 4) is 11.1 Å². The molecular weight excluding hydrogens is 444 g/mol. The summed E-state index contributed by atoms with van der Waals surface area (Å²) in [6.45, 7) is 3.85. The summed E-state index contributed by atoms with van der Waals surface area (Å²) in [5, 5.41) is 15.0. The standard InChI is InChI=1S/C28H34N2O5/c1-3-28(2,26(32)33)17-30-25(31)19(14-18-12-13-18)15-29-27(34)35-16-24-22-10-6-4-8-20(22)21-9-5-7-11-23(21)24/h4-11,18-19,24H,3,12-17H2,1-2H3,(H,29,34)(H,30,31)(H,32,33). The van der Waals surface area contributed by atoms with Gasteiger partial charge in [-0.15, -0.1) is 0 Å². The van der Waals surface area contributed by atoms with Crippen LogP contribution >= 0.6 is 0 Å². The Labute approximate surface area is 206 Å². The van der Waals surface area contributed by atoms with E-state index in [1.807, 2.05) is 24.3 Å². The van der Waals surface area contributed by atoms with Crippen LogP contribution in [0.15, 0.2) is 48.5 Å². The van der Waals surface area contributed by atoms with Gasteiger partial charge in [0.25, 0.3) is 0 Å². The molecule has 1 saturated carbocycles. The molecular formula is C28H34N2O5. The first-order valence-corrected chi connectivity index (χ1v) is 12.4. The van der Waals surface area contributed by atoms with Crippen LogP contribution in [0.3, 0.4) is 0 Å². The fraction of sp³-hybridized carbons (Fsp3) is 0.464. The lowest BCUT2D eigenvalue weighted by molar-refractivity contribution is -0.148. The van der Waals surface area contributed by atoms with Crippen molar-refractivity contribution < 1.29 is 24.2 Å². The lowest BCUT2D eigenvalue weighted by Crippen LogP contribution is -2.45. The van der Waals surface area contributed by atoms with Crippen molar-refractivity contribution >= 4 is 18.0 Å². The molecule has 2 aromatic carbocycles. The number of nitrogens with one attached hydrogen (secondary N) is 2. The van der Waals surface area contributed by atoms with Gasteiger partial charge in [-0.3, -0.25) is 9.59 Å². The Balaban J connectivity index is 1.32. The Hall–Kier alpha value is -3.35. The van der Waals surface area contributed by atoms with E-state index in [-0.39, 0.29) is 31.5 Å². The highest BCUT2D eigenvalue weighted by molar-refractivity contribution is 5.82. The summed E-state index contributed by atoms with van der Waals surface area (Å²) in [6, 6.07) is 16.3. The maximum atomic E-state index is 12.8. The third-order valence-corrected chi connectivity index (χ3v) is 7.47. The number of benzene rings is 2. The number of carboxylic acids is 1. The molecule has 1 fully saturated rings. The van der Waals surface area contributed by atoms with E-state index in [0.29, 0.717) is 18.8 Å². The predicted molar refractivity (Wildman–Crippen MR) is 133 cm³/mol. The summed E-state index contributed by atoms with van der Waals surface area (Å²) >= 11 is 0.